The van der Waals surface area contributed by atoms with Gasteiger partial charge in [-0.05, 0) is 30.2 Å². The maximum Gasteiger partial charge on any atom is 0.165 e. The summed E-state index contributed by atoms with van der Waals surface area (Å²) >= 11 is 3.48. The summed E-state index contributed by atoms with van der Waals surface area (Å²) in [7, 11) is 0. The Morgan fingerprint density at radius 1 is 1.30 bits per heavy atom. The molecule has 3 nitrogen and oxygen atoms in total. The molecule has 2 aliphatic rings. The SMILES string of the molecule is O=C1Cc2c([nH]c3cc(Br)ccc23)C2=C1CC=CC=N2. The predicted molar refractivity (Wildman–Crippen MR) is 83.9 cm³/mol. The Balaban J connectivity index is 2.04. The van der Waals surface area contributed by atoms with Gasteiger partial charge in [0.1, 0.15) is 0 Å². The molecule has 0 radical (unpaired) electrons. The van der Waals surface area contributed by atoms with E-state index in [0.29, 0.717) is 12.8 Å². The second-order valence-electron chi connectivity index (χ2n) is 5.01. The van der Waals surface area contributed by atoms with Crippen molar-refractivity contribution in [3.63, 3.8) is 0 Å². The van der Waals surface area contributed by atoms with Gasteiger partial charge >= 0.3 is 0 Å². The van der Waals surface area contributed by atoms with Gasteiger partial charge in [0, 0.05) is 33.6 Å². The maximum absolute atomic E-state index is 12.4. The van der Waals surface area contributed by atoms with Gasteiger partial charge in [0.05, 0.1) is 11.4 Å². The standard InChI is InChI=1S/C16H11BrN2O/c17-9-4-5-10-12-8-14(20)11-3-1-2-6-18-15(11)16(12)19-13(10)7-9/h1-2,4-7,19H,3,8H2. The first kappa shape index (κ1) is 11.9. The molecule has 1 aliphatic carbocycles. The summed E-state index contributed by atoms with van der Waals surface area (Å²) in [5.74, 6) is 0.181. The first-order valence-electron chi connectivity index (χ1n) is 6.50. The van der Waals surface area contributed by atoms with E-state index in [1.165, 1.54) is 0 Å². The van der Waals surface area contributed by atoms with E-state index in [1.807, 2.05) is 30.4 Å². The van der Waals surface area contributed by atoms with Gasteiger partial charge in [-0.15, -0.1) is 0 Å². The quantitative estimate of drug-likeness (QED) is 0.786. The van der Waals surface area contributed by atoms with Gasteiger partial charge in [-0.2, -0.15) is 0 Å². The summed E-state index contributed by atoms with van der Waals surface area (Å²) < 4.78 is 1.02. The Morgan fingerprint density at radius 3 is 3.10 bits per heavy atom. The van der Waals surface area contributed by atoms with Crippen molar-refractivity contribution in [1.82, 2.24) is 4.98 Å². The Bertz CT molecular complexity index is 840. The van der Waals surface area contributed by atoms with Crippen LogP contribution in [0.1, 0.15) is 17.7 Å². The molecule has 0 amide bonds. The van der Waals surface area contributed by atoms with Crippen LogP contribution in [-0.2, 0) is 11.2 Å². The maximum atomic E-state index is 12.4. The zero-order valence-corrected chi connectivity index (χ0v) is 12.2. The number of ketones is 1. The Labute approximate surface area is 124 Å². The molecule has 0 saturated heterocycles. The molecule has 0 unspecified atom stereocenters. The van der Waals surface area contributed by atoms with Crippen LogP contribution >= 0.6 is 15.9 Å². The Hall–Kier alpha value is -1.94. The third-order valence-electron chi connectivity index (χ3n) is 3.81. The van der Waals surface area contributed by atoms with Crippen LogP contribution in [-0.4, -0.2) is 17.0 Å². The highest BCUT2D eigenvalue weighted by molar-refractivity contribution is 9.10. The summed E-state index contributed by atoms with van der Waals surface area (Å²) in [4.78, 5) is 20.2. The van der Waals surface area contributed by atoms with E-state index in [9.17, 15) is 4.79 Å². The van der Waals surface area contributed by atoms with Crippen LogP contribution in [0.3, 0.4) is 0 Å². The Kier molecular flexibility index (Phi) is 2.54. The van der Waals surface area contributed by atoms with Gasteiger partial charge in [0.25, 0.3) is 0 Å². The number of fused-ring (bicyclic) bond motifs is 4. The number of hydrogen-bond donors (Lipinski definition) is 1. The molecular weight excluding hydrogens is 316 g/mol. The molecule has 4 rings (SSSR count). The first-order chi connectivity index (χ1) is 9.74. The number of Topliss-reactive ketones (excluding diaryl/α,β-unsaturated/α-hetero) is 1. The highest BCUT2D eigenvalue weighted by Gasteiger charge is 2.28. The minimum absolute atomic E-state index is 0.181. The topological polar surface area (TPSA) is 45.2 Å². The molecule has 98 valence electrons. The lowest BCUT2D eigenvalue weighted by Crippen LogP contribution is -2.14. The fourth-order valence-corrected chi connectivity index (χ4v) is 3.24. The van der Waals surface area contributed by atoms with Crippen molar-refractivity contribution in [3.05, 3.63) is 51.7 Å². The van der Waals surface area contributed by atoms with Crippen molar-refractivity contribution >= 4 is 44.5 Å². The van der Waals surface area contributed by atoms with Gasteiger partial charge in [0.15, 0.2) is 5.78 Å². The number of nitrogens with one attached hydrogen (secondary N) is 1. The highest BCUT2D eigenvalue weighted by atomic mass is 79.9. The second kappa shape index (κ2) is 4.28. The second-order valence-corrected chi connectivity index (χ2v) is 5.92. The number of carbonyl (C=O) groups excluding carboxylic acids is 1. The Morgan fingerprint density at radius 2 is 2.20 bits per heavy atom. The van der Waals surface area contributed by atoms with Crippen LogP contribution in [0.2, 0.25) is 0 Å². The summed E-state index contributed by atoms with van der Waals surface area (Å²) in [5.41, 5.74) is 4.71. The largest absolute Gasteiger partial charge is 0.353 e. The molecule has 0 atom stereocenters. The lowest BCUT2D eigenvalue weighted by Gasteiger charge is -2.15. The average molecular weight is 327 g/mol. The normalized spacial score (nSPS) is 17.4. The van der Waals surface area contributed by atoms with Crippen LogP contribution in [0, 0.1) is 0 Å². The highest BCUT2D eigenvalue weighted by Crippen LogP contribution is 2.37. The molecule has 0 fully saturated rings. The first-order valence-corrected chi connectivity index (χ1v) is 7.29. The number of halogens is 1. The number of aromatic nitrogens is 1. The van der Waals surface area contributed by atoms with Crippen LogP contribution in [0.4, 0.5) is 0 Å². The fraction of sp³-hybridized carbons (Fsp3) is 0.125. The third-order valence-corrected chi connectivity index (χ3v) is 4.31. The summed E-state index contributed by atoms with van der Waals surface area (Å²) in [6.45, 7) is 0. The molecule has 1 aromatic carbocycles. The fourth-order valence-electron chi connectivity index (χ4n) is 2.88. The molecule has 2 aromatic rings. The number of aliphatic imine (C=N–C) groups is 1. The molecule has 1 aliphatic heterocycles. The van der Waals surface area contributed by atoms with Crippen molar-refractivity contribution < 1.29 is 4.79 Å². The lowest BCUT2D eigenvalue weighted by atomic mass is 9.90. The van der Waals surface area contributed by atoms with E-state index in [2.05, 4.69) is 25.9 Å². The third kappa shape index (κ3) is 1.64. The van der Waals surface area contributed by atoms with Gasteiger partial charge in [-0.1, -0.05) is 28.1 Å². The van der Waals surface area contributed by atoms with Crippen molar-refractivity contribution in [2.24, 2.45) is 4.99 Å². The molecule has 0 spiro atoms. The van der Waals surface area contributed by atoms with E-state index >= 15 is 0 Å². The van der Waals surface area contributed by atoms with Crippen molar-refractivity contribution in [2.45, 2.75) is 12.8 Å². The lowest BCUT2D eigenvalue weighted by molar-refractivity contribution is -0.115. The van der Waals surface area contributed by atoms with Crippen LogP contribution in [0.15, 0.2) is 45.4 Å². The zero-order valence-electron chi connectivity index (χ0n) is 10.6. The number of rotatable bonds is 0. The zero-order chi connectivity index (χ0) is 13.7. The summed E-state index contributed by atoms with van der Waals surface area (Å²) in [5, 5.41) is 1.11. The van der Waals surface area contributed by atoms with Crippen LogP contribution < -0.4 is 0 Å². The average Bonchev–Trinajstić information content (AvgIpc) is 2.62. The molecule has 20 heavy (non-hydrogen) atoms. The van der Waals surface area contributed by atoms with Crippen molar-refractivity contribution in [3.8, 4) is 0 Å². The molecular formula is C16H11BrN2O. The minimum atomic E-state index is 0.181. The number of aromatic amines is 1. The minimum Gasteiger partial charge on any atom is -0.353 e. The van der Waals surface area contributed by atoms with E-state index in [4.69, 9.17) is 0 Å². The number of benzene rings is 1. The van der Waals surface area contributed by atoms with Gasteiger partial charge in [-0.25, -0.2) is 0 Å². The molecule has 0 saturated carbocycles. The number of allylic oxidation sites excluding steroid dienone is 3. The van der Waals surface area contributed by atoms with E-state index < -0.39 is 0 Å². The van der Waals surface area contributed by atoms with E-state index in [-0.39, 0.29) is 5.78 Å². The molecule has 1 aromatic heterocycles. The number of nitrogens with zero attached hydrogens (tertiary/aromatic N) is 1. The molecule has 4 heteroatoms. The molecule has 1 N–H and O–H groups in total. The van der Waals surface area contributed by atoms with Crippen LogP contribution in [0.5, 0.6) is 0 Å². The smallest absolute Gasteiger partial charge is 0.165 e. The predicted octanol–water partition coefficient (Wildman–Crippen LogP) is 3.80. The van der Waals surface area contributed by atoms with E-state index in [0.717, 1.165) is 37.9 Å². The monoisotopic (exact) mass is 326 g/mol. The van der Waals surface area contributed by atoms with Gasteiger partial charge < -0.3 is 4.98 Å². The number of carbonyl (C=O) groups is 1. The molecule has 0 bridgehead atoms. The van der Waals surface area contributed by atoms with Gasteiger partial charge in [-0.3, -0.25) is 9.79 Å². The van der Waals surface area contributed by atoms with Gasteiger partial charge in [0.2, 0.25) is 0 Å². The number of hydrogen-bond acceptors (Lipinski definition) is 2. The van der Waals surface area contributed by atoms with Crippen molar-refractivity contribution in [2.75, 3.05) is 0 Å². The molecule has 2 heterocycles. The van der Waals surface area contributed by atoms with E-state index in [1.54, 1.807) is 6.21 Å². The summed E-state index contributed by atoms with van der Waals surface area (Å²) in [6.07, 6.45) is 6.75. The van der Waals surface area contributed by atoms with Crippen LogP contribution in [0.25, 0.3) is 16.6 Å². The number of H-pyrrole nitrogens is 1. The van der Waals surface area contributed by atoms with Crippen molar-refractivity contribution in [1.29, 1.82) is 0 Å². The summed E-state index contributed by atoms with van der Waals surface area (Å²) in [6, 6.07) is 6.09.